The zero-order chi connectivity index (χ0) is 7.71. The number of rotatable bonds is 1. The molecule has 0 aliphatic heterocycles. The van der Waals surface area contributed by atoms with Crippen LogP contribution in [0.2, 0.25) is 0 Å². The summed E-state index contributed by atoms with van der Waals surface area (Å²) in [6.07, 6.45) is 0. The van der Waals surface area contributed by atoms with Gasteiger partial charge in [0.15, 0.2) is 4.32 Å². The Bertz CT molecular complexity index is 144. The van der Waals surface area contributed by atoms with Gasteiger partial charge in [-0.05, 0) is 22.9 Å². The maximum Gasteiger partial charge on any atom is 0.329 e. The second-order valence-electron chi connectivity index (χ2n) is 1.61. The second-order valence-corrected chi connectivity index (χ2v) is 4.19. The third kappa shape index (κ3) is 2.18. The Hall–Kier alpha value is 0.310. The monoisotopic (exact) mass is 261 g/mol. The van der Waals surface area contributed by atoms with Gasteiger partial charge in [0.05, 0.1) is 6.07 Å². The lowest BCUT2D eigenvalue weighted by Gasteiger charge is -2.18. The minimum atomic E-state index is -3.19. The van der Waals surface area contributed by atoms with E-state index in [1.165, 1.54) is 6.07 Å². The molecule has 0 amide bonds. The first-order valence-corrected chi connectivity index (χ1v) is 3.57. The third-order valence-electron chi connectivity index (χ3n) is 0.742. The number of hydrogen-bond acceptors (Lipinski definition) is 1. The van der Waals surface area contributed by atoms with E-state index in [0.717, 1.165) is 6.92 Å². The maximum atomic E-state index is 12.1. The van der Waals surface area contributed by atoms with Crippen LogP contribution in [0.15, 0.2) is 0 Å². The number of nitriles is 1. The quantitative estimate of drug-likeness (QED) is 0.667. The molecule has 52 valence electrons. The molecule has 0 N–H and O–H groups in total. The van der Waals surface area contributed by atoms with Crippen molar-refractivity contribution in [3.05, 3.63) is 0 Å². The predicted octanol–water partition coefficient (Wildman–Crippen LogP) is 2.65. The van der Waals surface area contributed by atoms with Crippen molar-refractivity contribution in [2.45, 2.75) is 16.1 Å². The van der Waals surface area contributed by atoms with E-state index in [0.29, 0.717) is 0 Å². The van der Waals surface area contributed by atoms with Gasteiger partial charge in [-0.15, -0.1) is 0 Å². The van der Waals surface area contributed by atoms with Gasteiger partial charge < -0.3 is 0 Å². The minimum Gasteiger partial charge on any atom is -0.197 e. The van der Waals surface area contributed by atoms with E-state index >= 15 is 0 Å². The van der Waals surface area contributed by atoms with Gasteiger partial charge in [0.1, 0.15) is 0 Å². The highest BCUT2D eigenvalue weighted by Crippen LogP contribution is 2.40. The van der Waals surface area contributed by atoms with Crippen LogP contribution in [-0.2, 0) is 0 Å². The van der Waals surface area contributed by atoms with Crippen molar-refractivity contribution in [2.75, 3.05) is 0 Å². The number of alkyl halides is 4. The Kier molecular flexibility index (Phi) is 2.59. The highest BCUT2D eigenvalue weighted by molar-refractivity contribution is 9.12. The van der Waals surface area contributed by atoms with E-state index < -0.39 is 9.16 Å². The van der Waals surface area contributed by atoms with Crippen molar-refractivity contribution >= 4 is 31.9 Å². The summed E-state index contributed by atoms with van der Waals surface area (Å²) in [5.41, 5.74) is 0. The summed E-state index contributed by atoms with van der Waals surface area (Å²) in [4.78, 5) is -3.19. The highest BCUT2D eigenvalue weighted by atomic mass is 79.9. The van der Waals surface area contributed by atoms with Gasteiger partial charge in [-0.2, -0.15) is 14.0 Å². The molecule has 0 radical (unpaired) electrons. The standard InChI is InChI=1S/C4H3Br2F2N/c1-3(5,2-9)4(6,7)8/h1H3. The number of hydrogen-bond donors (Lipinski definition) is 0. The Balaban J connectivity index is 4.39. The van der Waals surface area contributed by atoms with E-state index in [1.807, 2.05) is 0 Å². The highest BCUT2D eigenvalue weighted by Gasteiger charge is 2.46. The Labute approximate surface area is 68.3 Å². The Morgan fingerprint density at radius 1 is 1.44 bits per heavy atom. The first-order valence-electron chi connectivity index (χ1n) is 1.98. The van der Waals surface area contributed by atoms with Crippen LogP contribution >= 0.6 is 31.9 Å². The molecule has 0 saturated heterocycles. The average molecular weight is 263 g/mol. The normalized spacial score (nSPS) is 18.2. The largest absolute Gasteiger partial charge is 0.329 e. The van der Waals surface area contributed by atoms with Gasteiger partial charge in [-0.25, -0.2) is 0 Å². The summed E-state index contributed by atoms with van der Waals surface area (Å²) < 4.78 is 22.5. The van der Waals surface area contributed by atoms with Gasteiger partial charge in [0.2, 0.25) is 0 Å². The molecule has 1 nitrogen and oxygen atoms in total. The van der Waals surface area contributed by atoms with E-state index in [2.05, 4.69) is 31.9 Å². The van der Waals surface area contributed by atoms with E-state index in [1.54, 1.807) is 0 Å². The Morgan fingerprint density at radius 3 is 1.78 bits per heavy atom. The lowest BCUT2D eigenvalue weighted by atomic mass is 10.2. The van der Waals surface area contributed by atoms with Gasteiger partial charge in [-0.3, -0.25) is 0 Å². The molecule has 1 atom stereocenters. The van der Waals surface area contributed by atoms with Crippen LogP contribution in [0.1, 0.15) is 6.92 Å². The molecule has 0 saturated carbocycles. The molecule has 1 unspecified atom stereocenters. The summed E-state index contributed by atoms with van der Waals surface area (Å²) in [5.74, 6) is 0. The van der Waals surface area contributed by atoms with Crippen LogP contribution in [0.4, 0.5) is 8.78 Å². The molecule has 0 aromatic rings. The van der Waals surface area contributed by atoms with Crippen LogP contribution < -0.4 is 0 Å². The topological polar surface area (TPSA) is 23.8 Å². The summed E-state index contributed by atoms with van der Waals surface area (Å²) in [6.45, 7) is 1.09. The lowest BCUT2D eigenvalue weighted by molar-refractivity contribution is 0.0967. The second kappa shape index (κ2) is 2.51. The summed E-state index contributed by atoms with van der Waals surface area (Å²) in [7, 11) is 0. The van der Waals surface area contributed by atoms with Crippen LogP contribution in [-0.4, -0.2) is 9.16 Å². The van der Waals surface area contributed by atoms with Crippen LogP contribution in [0.3, 0.4) is 0 Å². The predicted molar refractivity (Wildman–Crippen MR) is 36.8 cm³/mol. The van der Waals surface area contributed by atoms with Crippen molar-refractivity contribution in [3.8, 4) is 6.07 Å². The van der Waals surface area contributed by atoms with Crippen molar-refractivity contribution in [3.63, 3.8) is 0 Å². The van der Waals surface area contributed by atoms with E-state index in [4.69, 9.17) is 5.26 Å². The summed E-state index contributed by atoms with van der Waals surface area (Å²) >= 11 is 4.60. The van der Waals surface area contributed by atoms with E-state index in [-0.39, 0.29) is 0 Å². The molecule has 0 heterocycles. The SMILES string of the molecule is CC(Br)(C#N)C(F)(F)Br. The van der Waals surface area contributed by atoms with Crippen molar-refractivity contribution in [1.82, 2.24) is 0 Å². The zero-order valence-corrected chi connectivity index (χ0v) is 7.63. The molecule has 9 heavy (non-hydrogen) atoms. The smallest absolute Gasteiger partial charge is 0.197 e. The van der Waals surface area contributed by atoms with Gasteiger partial charge in [-0.1, -0.05) is 15.9 Å². The molecule has 0 aromatic carbocycles. The van der Waals surface area contributed by atoms with Crippen LogP contribution in [0.25, 0.3) is 0 Å². The molecule has 0 aliphatic carbocycles. The van der Waals surface area contributed by atoms with Crippen molar-refractivity contribution < 1.29 is 8.78 Å². The van der Waals surface area contributed by atoms with Crippen molar-refractivity contribution in [1.29, 1.82) is 5.26 Å². The summed E-state index contributed by atoms with van der Waals surface area (Å²) in [5, 5.41) is 8.12. The molecule has 5 heteroatoms. The van der Waals surface area contributed by atoms with Crippen LogP contribution in [0, 0.1) is 11.3 Å². The molecular weight excluding hydrogens is 260 g/mol. The third-order valence-corrected chi connectivity index (χ3v) is 2.74. The lowest BCUT2D eigenvalue weighted by Crippen LogP contribution is -2.32. The van der Waals surface area contributed by atoms with Gasteiger partial charge >= 0.3 is 4.83 Å². The molecule has 0 spiro atoms. The molecular formula is C4H3Br2F2N. The first-order chi connectivity index (χ1) is 3.81. The van der Waals surface area contributed by atoms with Crippen molar-refractivity contribution in [2.24, 2.45) is 0 Å². The fraction of sp³-hybridized carbons (Fsp3) is 0.750. The van der Waals surface area contributed by atoms with Crippen LogP contribution in [0.5, 0.6) is 0 Å². The van der Waals surface area contributed by atoms with Gasteiger partial charge in [0.25, 0.3) is 0 Å². The zero-order valence-electron chi connectivity index (χ0n) is 4.46. The summed E-state index contributed by atoms with van der Waals surface area (Å²) in [6, 6.07) is 1.40. The fourth-order valence-corrected chi connectivity index (χ4v) is 0.152. The molecule has 0 rings (SSSR count). The minimum absolute atomic E-state index is 1.09. The maximum absolute atomic E-state index is 12.1. The molecule has 0 fully saturated rings. The molecule has 0 aromatic heterocycles. The molecule has 0 aliphatic rings. The van der Waals surface area contributed by atoms with Gasteiger partial charge in [0, 0.05) is 0 Å². The fourth-order valence-electron chi connectivity index (χ4n) is 0.0634. The number of halogens is 4. The number of nitrogens with zero attached hydrogens (tertiary/aromatic N) is 1. The molecule has 0 bridgehead atoms. The average Bonchev–Trinajstić information content (AvgIpc) is 1.64. The van der Waals surface area contributed by atoms with E-state index in [9.17, 15) is 8.78 Å². The Morgan fingerprint density at radius 2 is 1.78 bits per heavy atom. The first kappa shape index (κ1) is 9.31.